The zero-order chi connectivity index (χ0) is 18.0. The summed E-state index contributed by atoms with van der Waals surface area (Å²) in [7, 11) is 0. The molecule has 1 fully saturated rings. The molecule has 1 aliphatic heterocycles. The monoisotopic (exact) mass is 397 g/mol. The average Bonchev–Trinajstić information content (AvgIpc) is 2.46. The number of rotatable bonds is 3. The van der Waals surface area contributed by atoms with E-state index in [9.17, 15) is 14.7 Å². The third kappa shape index (κ3) is 4.72. The second kappa shape index (κ2) is 7.13. The van der Waals surface area contributed by atoms with Crippen LogP contribution in [0.25, 0.3) is 0 Å². The van der Waals surface area contributed by atoms with Crippen molar-refractivity contribution < 1.29 is 19.4 Å². The van der Waals surface area contributed by atoms with E-state index in [1.807, 2.05) is 45.0 Å². The van der Waals surface area contributed by atoms with Crippen LogP contribution in [0.3, 0.4) is 0 Å². The molecule has 6 heteroatoms. The predicted molar refractivity (Wildman–Crippen MR) is 95.1 cm³/mol. The second-order valence-electron chi connectivity index (χ2n) is 7.33. The van der Waals surface area contributed by atoms with Crippen LogP contribution in [0.15, 0.2) is 28.7 Å². The van der Waals surface area contributed by atoms with E-state index in [2.05, 4.69) is 15.9 Å². The lowest BCUT2D eigenvalue weighted by Crippen LogP contribution is -2.47. The fourth-order valence-electron chi connectivity index (χ4n) is 3.10. The van der Waals surface area contributed by atoms with Gasteiger partial charge in [0.15, 0.2) is 0 Å². The molecule has 2 rings (SSSR count). The molecule has 1 heterocycles. The molecular formula is C18H24BrNO4. The SMILES string of the molecule is CC(C)(C)OC(=O)N1CCC(CC(=O)O)(c2ccc(Br)cc2)CC1. The summed E-state index contributed by atoms with van der Waals surface area (Å²) in [5, 5.41) is 9.36. The van der Waals surface area contributed by atoms with E-state index in [4.69, 9.17) is 4.74 Å². The lowest BCUT2D eigenvalue weighted by Gasteiger charge is -2.41. The van der Waals surface area contributed by atoms with Crippen LogP contribution < -0.4 is 0 Å². The normalized spacial score (nSPS) is 17.4. The van der Waals surface area contributed by atoms with Gasteiger partial charge in [0.05, 0.1) is 6.42 Å². The van der Waals surface area contributed by atoms with Crippen LogP contribution >= 0.6 is 15.9 Å². The van der Waals surface area contributed by atoms with E-state index in [1.165, 1.54) is 0 Å². The van der Waals surface area contributed by atoms with E-state index in [0.717, 1.165) is 10.0 Å². The molecule has 1 amide bonds. The summed E-state index contributed by atoms with van der Waals surface area (Å²) in [4.78, 5) is 25.3. The Kier molecular flexibility index (Phi) is 5.58. The van der Waals surface area contributed by atoms with Crippen molar-refractivity contribution in [1.29, 1.82) is 0 Å². The van der Waals surface area contributed by atoms with E-state index in [0.29, 0.717) is 25.9 Å². The molecule has 24 heavy (non-hydrogen) atoms. The van der Waals surface area contributed by atoms with Crippen molar-refractivity contribution in [3.05, 3.63) is 34.3 Å². The number of amides is 1. The molecule has 0 aliphatic carbocycles. The van der Waals surface area contributed by atoms with Crippen molar-refractivity contribution in [2.75, 3.05) is 13.1 Å². The molecule has 0 aromatic heterocycles. The summed E-state index contributed by atoms with van der Waals surface area (Å²) in [6.07, 6.45) is 0.958. The lowest BCUT2D eigenvalue weighted by molar-refractivity contribution is -0.139. The van der Waals surface area contributed by atoms with Gasteiger partial charge in [-0.25, -0.2) is 4.79 Å². The number of piperidine rings is 1. The summed E-state index contributed by atoms with van der Waals surface area (Å²) in [5.41, 5.74) is 0.0422. The Morgan fingerprint density at radius 3 is 2.21 bits per heavy atom. The minimum absolute atomic E-state index is 0.0663. The number of hydrogen-bond donors (Lipinski definition) is 1. The van der Waals surface area contributed by atoms with Crippen LogP contribution in [-0.4, -0.2) is 40.8 Å². The number of ether oxygens (including phenoxy) is 1. The Balaban J connectivity index is 2.14. The molecule has 1 aromatic rings. The highest BCUT2D eigenvalue weighted by molar-refractivity contribution is 9.10. The van der Waals surface area contributed by atoms with E-state index in [-0.39, 0.29) is 12.5 Å². The molecular weight excluding hydrogens is 374 g/mol. The molecule has 1 saturated heterocycles. The summed E-state index contributed by atoms with van der Waals surface area (Å²) in [6, 6.07) is 7.80. The third-order valence-electron chi connectivity index (χ3n) is 4.32. The number of benzene rings is 1. The van der Waals surface area contributed by atoms with Crippen LogP contribution in [0.5, 0.6) is 0 Å². The topological polar surface area (TPSA) is 66.8 Å². The smallest absolute Gasteiger partial charge is 0.410 e. The van der Waals surface area contributed by atoms with Crippen molar-refractivity contribution in [3.63, 3.8) is 0 Å². The number of likely N-dealkylation sites (tertiary alicyclic amines) is 1. The minimum atomic E-state index is -0.816. The maximum Gasteiger partial charge on any atom is 0.410 e. The van der Waals surface area contributed by atoms with Crippen LogP contribution in [0.2, 0.25) is 0 Å². The van der Waals surface area contributed by atoms with Gasteiger partial charge in [0.25, 0.3) is 0 Å². The van der Waals surface area contributed by atoms with Crippen molar-refractivity contribution in [1.82, 2.24) is 4.90 Å². The van der Waals surface area contributed by atoms with E-state index in [1.54, 1.807) is 4.90 Å². The Bertz CT molecular complexity index is 598. The van der Waals surface area contributed by atoms with Crippen LogP contribution in [0.4, 0.5) is 4.79 Å². The quantitative estimate of drug-likeness (QED) is 0.829. The first-order chi connectivity index (χ1) is 11.1. The highest BCUT2D eigenvalue weighted by atomic mass is 79.9. The van der Waals surface area contributed by atoms with Gasteiger partial charge in [-0.05, 0) is 51.3 Å². The highest BCUT2D eigenvalue weighted by Crippen LogP contribution is 2.39. The van der Waals surface area contributed by atoms with Gasteiger partial charge in [-0.3, -0.25) is 4.79 Å². The molecule has 132 valence electrons. The molecule has 0 bridgehead atoms. The minimum Gasteiger partial charge on any atom is -0.481 e. The van der Waals surface area contributed by atoms with E-state index < -0.39 is 17.0 Å². The molecule has 0 atom stereocenters. The van der Waals surface area contributed by atoms with Gasteiger partial charge in [-0.1, -0.05) is 28.1 Å². The lowest BCUT2D eigenvalue weighted by atomic mass is 9.70. The van der Waals surface area contributed by atoms with Gasteiger partial charge >= 0.3 is 12.1 Å². The maximum absolute atomic E-state index is 12.2. The highest BCUT2D eigenvalue weighted by Gasteiger charge is 2.40. The van der Waals surface area contributed by atoms with Crippen LogP contribution in [0.1, 0.15) is 45.6 Å². The number of carboxylic acid groups (broad SMARTS) is 1. The zero-order valence-electron chi connectivity index (χ0n) is 14.3. The zero-order valence-corrected chi connectivity index (χ0v) is 15.9. The molecule has 5 nitrogen and oxygen atoms in total. The number of nitrogens with zero attached hydrogens (tertiary/aromatic N) is 1. The first-order valence-corrected chi connectivity index (χ1v) is 8.86. The number of carbonyl (C=O) groups excluding carboxylic acids is 1. The van der Waals surface area contributed by atoms with Crippen molar-refractivity contribution in [3.8, 4) is 0 Å². The van der Waals surface area contributed by atoms with Crippen molar-refractivity contribution >= 4 is 28.0 Å². The van der Waals surface area contributed by atoms with E-state index >= 15 is 0 Å². The number of carbonyl (C=O) groups is 2. The standard InChI is InChI=1S/C18H24BrNO4/c1-17(2,3)24-16(23)20-10-8-18(9-11-20,12-15(21)22)13-4-6-14(19)7-5-13/h4-7H,8-12H2,1-3H3,(H,21,22). The van der Waals surface area contributed by atoms with Gasteiger partial charge in [0.2, 0.25) is 0 Å². The molecule has 1 aromatic carbocycles. The summed E-state index contributed by atoms with van der Waals surface area (Å²) >= 11 is 3.41. The third-order valence-corrected chi connectivity index (χ3v) is 4.85. The molecule has 0 spiro atoms. The largest absolute Gasteiger partial charge is 0.481 e. The number of hydrogen-bond acceptors (Lipinski definition) is 3. The molecule has 0 saturated carbocycles. The van der Waals surface area contributed by atoms with Gasteiger partial charge in [-0.15, -0.1) is 0 Å². The second-order valence-corrected chi connectivity index (χ2v) is 8.24. The molecule has 1 aliphatic rings. The number of carboxylic acids is 1. The van der Waals surface area contributed by atoms with Gasteiger partial charge in [0.1, 0.15) is 5.60 Å². The Hall–Kier alpha value is -1.56. The first-order valence-electron chi connectivity index (χ1n) is 8.07. The summed E-state index contributed by atoms with van der Waals surface area (Å²) < 4.78 is 6.37. The van der Waals surface area contributed by atoms with Crippen LogP contribution in [0, 0.1) is 0 Å². The summed E-state index contributed by atoms with van der Waals surface area (Å²) in [6.45, 7) is 6.51. The Labute approximate surface area is 151 Å². The fraction of sp³-hybridized carbons (Fsp3) is 0.556. The maximum atomic E-state index is 12.2. The molecule has 1 N–H and O–H groups in total. The number of halogens is 1. The molecule has 0 radical (unpaired) electrons. The fourth-order valence-corrected chi connectivity index (χ4v) is 3.37. The van der Waals surface area contributed by atoms with Gasteiger partial charge in [-0.2, -0.15) is 0 Å². The molecule has 0 unspecified atom stereocenters. The van der Waals surface area contributed by atoms with Gasteiger partial charge < -0.3 is 14.7 Å². The Morgan fingerprint density at radius 2 is 1.75 bits per heavy atom. The summed E-state index contributed by atoms with van der Waals surface area (Å²) in [5.74, 6) is -0.816. The average molecular weight is 398 g/mol. The van der Waals surface area contributed by atoms with Gasteiger partial charge in [0, 0.05) is 23.0 Å². The first kappa shape index (κ1) is 18.8. The number of aliphatic carboxylic acids is 1. The van der Waals surface area contributed by atoms with Crippen LogP contribution in [-0.2, 0) is 14.9 Å². The van der Waals surface area contributed by atoms with Crippen molar-refractivity contribution in [2.45, 2.75) is 51.0 Å². The van der Waals surface area contributed by atoms with Crippen molar-refractivity contribution in [2.24, 2.45) is 0 Å². The predicted octanol–water partition coefficient (Wildman–Crippen LogP) is 4.19. The Morgan fingerprint density at radius 1 is 1.21 bits per heavy atom.